The zero-order valence-electron chi connectivity index (χ0n) is 8.45. The van der Waals surface area contributed by atoms with E-state index < -0.39 is 0 Å². The largest absolute Gasteiger partial charge is 0.398 e. The van der Waals surface area contributed by atoms with Gasteiger partial charge >= 0.3 is 0 Å². The number of benzene rings is 1. The fourth-order valence-corrected chi connectivity index (χ4v) is 1.79. The van der Waals surface area contributed by atoms with Gasteiger partial charge in [-0.1, -0.05) is 0 Å². The van der Waals surface area contributed by atoms with Crippen LogP contribution < -0.4 is 11.5 Å². The second-order valence-corrected chi connectivity index (χ2v) is 4.07. The van der Waals surface area contributed by atoms with E-state index in [1.807, 2.05) is 5.41 Å². The first-order valence-corrected chi connectivity index (χ1v) is 5.82. The molecular formula is C11H15FN2S. The van der Waals surface area contributed by atoms with E-state index in [-0.39, 0.29) is 5.82 Å². The highest BCUT2D eigenvalue weighted by Gasteiger charge is 1.96. The second kappa shape index (κ2) is 6.48. The number of nitrogens with two attached hydrogens (primary N) is 2. The van der Waals surface area contributed by atoms with E-state index in [1.54, 1.807) is 23.9 Å². The molecular weight excluding hydrogens is 211 g/mol. The van der Waals surface area contributed by atoms with Gasteiger partial charge in [-0.05, 0) is 54.0 Å². The number of rotatable bonds is 5. The van der Waals surface area contributed by atoms with Crippen LogP contribution >= 0.6 is 11.8 Å². The summed E-state index contributed by atoms with van der Waals surface area (Å²) in [5, 5.41) is 1.88. The molecule has 0 aliphatic rings. The van der Waals surface area contributed by atoms with Gasteiger partial charge in [-0.2, -0.15) is 0 Å². The summed E-state index contributed by atoms with van der Waals surface area (Å²) < 4.78 is 12.6. The van der Waals surface area contributed by atoms with Gasteiger partial charge in [0.05, 0.1) is 0 Å². The van der Waals surface area contributed by atoms with Gasteiger partial charge in [-0.3, -0.25) is 0 Å². The molecule has 0 saturated carbocycles. The van der Waals surface area contributed by atoms with Crippen molar-refractivity contribution < 1.29 is 4.39 Å². The maximum atomic E-state index is 12.6. The Morgan fingerprint density at radius 3 is 2.60 bits per heavy atom. The standard InChI is InChI=1S/C11H15FN2S/c12-10-4-2-9(3-5-10)11(14)8-15-7-1-6-13/h2-5,8H,1,6-7,13-14H2/b11-8-. The lowest BCUT2D eigenvalue weighted by atomic mass is 10.2. The Labute approximate surface area is 93.5 Å². The van der Waals surface area contributed by atoms with Crippen LogP contribution in [0.2, 0.25) is 0 Å². The van der Waals surface area contributed by atoms with Crippen molar-refractivity contribution in [2.75, 3.05) is 12.3 Å². The number of hydrogen-bond donors (Lipinski definition) is 2. The summed E-state index contributed by atoms with van der Waals surface area (Å²) in [6.45, 7) is 0.692. The Bertz CT molecular complexity index is 322. The molecule has 0 bridgehead atoms. The molecule has 0 heterocycles. The normalized spacial score (nSPS) is 11.7. The first-order chi connectivity index (χ1) is 7.24. The summed E-state index contributed by atoms with van der Waals surface area (Å²) in [5.74, 6) is 0.709. The van der Waals surface area contributed by atoms with Crippen LogP contribution in [0.1, 0.15) is 12.0 Å². The van der Waals surface area contributed by atoms with Gasteiger partial charge in [0.1, 0.15) is 5.82 Å². The highest BCUT2D eigenvalue weighted by atomic mass is 32.2. The Morgan fingerprint density at radius 2 is 2.00 bits per heavy atom. The zero-order chi connectivity index (χ0) is 11.1. The van der Waals surface area contributed by atoms with Crippen molar-refractivity contribution in [3.8, 4) is 0 Å². The Balaban J connectivity index is 2.52. The molecule has 2 nitrogen and oxygen atoms in total. The van der Waals surface area contributed by atoms with Gasteiger partial charge in [-0.15, -0.1) is 11.8 Å². The number of hydrogen-bond acceptors (Lipinski definition) is 3. The minimum atomic E-state index is -0.248. The van der Waals surface area contributed by atoms with Gasteiger partial charge in [0, 0.05) is 5.70 Å². The summed E-state index contributed by atoms with van der Waals surface area (Å²) in [4.78, 5) is 0. The van der Waals surface area contributed by atoms with Crippen molar-refractivity contribution in [1.82, 2.24) is 0 Å². The average molecular weight is 226 g/mol. The van der Waals surface area contributed by atoms with Gasteiger partial charge in [0.2, 0.25) is 0 Å². The lowest BCUT2D eigenvalue weighted by Crippen LogP contribution is -1.99. The molecule has 4 N–H and O–H groups in total. The van der Waals surface area contributed by atoms with E-state index >= 15 is 0 Å². The van der Waals surface area contributed by atoms with E-state index in [1.165, 1.54) is 12.1 Å². The molecule has 0 radical (unpaired) electrons. The fraction of sp³-hybridized carbons (Fsp3) is 0.273. The Morgan fingerprint density at radius 1 is 1.33 bits per heavy atom. The van der Waals surface area contributed by atoms with Crippen LogP contribution in [0.4, 0.5) is 4.39 Å². The van der Waals surface area contributed by atoms with E-state index in [0.29, 0.717) is 12.2 Å². The van der Waals surface area contributed by atoms with E-state index in [4.69, 9.17) is 11.5 Å². The highest BCUT2D eigenvalue weighted by molar-refractivity contribution is 8.02. The van der Waals surface area contributed by atoms with Crippen molar-refractivity contribution in [2.24, 2.45) is 11.5 Å². The molecule has 0 atom stereocenters. The maximum absolute atomic E-state index is 12.6. The molecule has 0 fully saturated rings. The Hall–Kier alpha value is -1.00. The number of thioether (sulfide) groups is 1. The second-order valence-electron chi connectivity index (χ2n) is 3.09. The molecule has 4 heteroatoms. The minimum absolute atomic E-state index is 0.248. The molecule has 0 saturated heterocycles. The average Bonchev–Trinajstić information content (AvgIpc) is 2.25. The predicted molar refractivity (Wildman–Crippen MR) is 64.7 cm³/mol. The summed E-state index contributed by atoms with van der Waals surface area (Å²) in [5.41, 5.74) is 12.7. The molecule has 0 aliphatic heterocycles. The van der Waals surface area contributed by atoms with Crippen molar-refractivity contribution >= 4 is 17.5 Å². The van der Waals surface area contributed by atoms with Crippen LogP contribution in [0.15, 0.2) is 29.7 Å². The molecule has 0 aliphatic carbocycles. The minimum Gasteiger partial charge on any atom is -0.398 e. The van der Waals surface area contributed by atoms with Crippen molar-refractivity contribution in [1.29, 1.82) is 0 Å². The van der Waals surface area contributed by atoms with Crippen LogP contribution in [-0.4, -0.2) is 12.3 Å². The third kappa shape index (κ3) is 4.36. The van der Waals surface area contributed by atoms with Crippen molar-refractivity contribution in [2.45, 2.75) is 6.42 Å². The van der Waals surface area contributed by atoms with E-state index in [9.17, 15) is 4.39 Å². The third-order valence-electron chi connectivity index (χ3n) is 1.85. The van der Waals surface area contributed by atoms with Crippen LogP contribution in [-0.2, 0) is 0 Å². The molecule has 1 rings (SSSR count). The van der Waals surface area contributed by atoms with Gasteiger partial charge in [-0.25, -0.2) is 4.39 Å². The smallest absolute Gasteiger partial charge is 0.123 e. The lowest BCUT2D eigenvalue weighted by Gasteiger charge is -2.01. The molecule has 0 amide bonds. The molecule has 15 heavy (non-hydrogen) atoms. The lowest BCUT2D eigenvalue weighted by molar-refractivity contribution is 0.627. The maximum Gasteiger partial charge on any atom is 0.123 e. The molecule has 1 aromatic carbocycles. The first-order valence-electron chi connectivity index (χ1n) is 4.77. The van der Waals surface area contributed by atoms with Crippen LogP contribution in [0.5, 0.6) is 0 Å². The highest BCUT2D eigenvalue weighted by Crippen LogP contribution is 2.14. The topological polar surface area (TPSA) is 52.0 Å². The van der Waals surface area contributed by atoms with Crippen LogP contribution in [0.25, 0.3) is 5.70 Å². The number of halogens is 1. The third-order valence-corrected chi connectivity index (χ3v) is 2.80. The van der Waals surface area contributed by atoms with Crippen molar-refractivity contribution in [3.05, 3.63) is 41.1 Å². The Kier molecular flexibility index (Phi) is 5.21. The summed E-state index contributed by atoms with van der Waals surface area (Å²) in [6.07, 6.45) is 0.970. The molecule has 0 spiro atoms. The van der Waals surface area contributed by atoms with E-state index in [0.717, 1.165) is 17.7 Å². The summed E-state index contributed by atoms with van der Waals surface area (Å²) in [7, 11) is 0. The van der Waals surface area contributed by atoms with Gasteiger partial charge < -0.3 is 11.5 Å². The predicted octanol–water partition coefficient (Wildman–Crippen LogP) is 2.16. The quantitative estimate of drug-likeness (QED) is 0.756. The molecule has 0 aromatic heterocycles. The molecule has 0 unspecified atom stereocenters. The fourth-order valence-electron chi connectivity index (χ4n) is 1.03. The van der Waals surface area contributed by atoms with Gasteiger partial charge in [0.15, 0.2) is 0 Å². The van der Waals surface area contributed by atoms with Crippen LogP contribution in [0, 0.1) is 5.82 Å². The van der Waals surface area contributed by atoms with Gasteiger partial charge in [0.25, 0.3) is 0 Å². The SMILES string of the molecule is NCCCS/C=C(\N)c1ccc(F)cc1. The van der Waals surface area contributed by atoms with E-state index in [2.05, 4.69) is 0 Å². The summed E-state index contributed by atoms with van der Waals surface area (Å²) in [6, 6.07) is 6.15. The van der Waals surface area contributed by atoms with Crippen molar-refractivity contribution in [3.63, 3.8) is 0 Å². The molecule has 1 aromatic rings. The summed E-state index contributed by atoms with van der Waals surface area (Å²) >= 11 is 1.62. The first kappa shape index (κ1) is 12.1. The van der Waals surface area contributed by atoms with Crippen LogP contribution in [0.3, 0.4) is 0 Å². The monoisotopic (exact) mass is 226 g/mol. The zero-order valence-corrected chi connectivity index (χ0v) is 9.27. The molecule has 82 valence electrons.